The molecule has 2 aromatic rings. The van der Waals surface area contributed by atoms with E-state index in [0.717, 1.165) is 12.1 Å². The lowest BCUT2D eigenvalue weighted by Crippen LogP contribution is -2.50. The third-order valence-corrected chi connectivity index (χ3v) is 4.28. The summed E-state index contributed by atoms with van der Waals surface area (Å²) in [5.74, 6) is 1.20. The Balaban J connectivity index is 1.76. The molecular formula is C19H23FN4O2. The number of carbonyl (C=O) groups excluding carboxylic acids is 1. The van der Waals surface area contributed by atoms with E-state index < -0.39 is 5.54 Å². The molecular weight excluding hydrogens is 335 g/mol. The first-order valence-electron chi connectivity index (χ1n) is 8.59. The smallest absolute Gasteiger partial charge is 0.242 e. The Kier molecular flexibility index (Phi) is 4.91. The molecule has 1 fully saturated rings. The lowest BCUT2D eigenvalue weighted by atomic mass is 10.1. The second-order valence-corrected chi connectivity index (χ2v) is 7.22. The zero-order chi connectivity index (χ0) is 18.9. The van der Waals surface area contributed by atoms with Gasteiger partial charge in [-0.05, 0) is 51.5 Å². The highest BCUT2D eigenvalue weighted by Crippen LogP contribution is 2.28. The largest absolute Gasteiger partial charge is 0.439 e. The van der Waals surface area contributed by atoms with Crippen LogP contribution in [0.5, 0.6) is 11.6 Å². The first kappa shape index (κ1) is 18.3. The topological polar surface area (TPSA) is 81.3 Å². The van der Waals surface area contributed by atoms with E-state index in [9.17, 15) is 9.18 Å². The Morgan fingerprint density at radius 2 is 2.00 bits per heavy atom. The summed E-state index contributed by atoms with van der Waals surface area (Å²) in [7, 11) is 0. The number of aryl methyl sites for hydroxylation is 1. The zero-order valence-corrected chi connectivity index (χ0v) is 15.2. The molecule has 2 N–H and O–H groups in total. The zero-order valence-electron chi connectivity index (χ0n) is 15.2. The normalized spacial score (nSPS) is 17.4. The lowest BCUT2D eigenvalue weighted by molar-refractivity contribution is -0.134. The quantitative estimate of drug-likeness (QED) is 0.909. The fraction of sp³-hybridized carbons (Fsp3) is 0.421. The maximum atomic E-state index is 13.0. The van der Waals surface area contributed by atoms with Crippen molar-refractivity contribution in [2.24, 2.45) is 5.73 Å². The standard InChI is InChI=1S/C19H23FN4O2/c1-12-10-16(26-15-6-4-14(20)5-7-15)23-17(22-12)13-8-9-24(11-13)18(25)19(2,3)21/h4-7,10,13H,8-9,11,21H2,1-3H3. The highest BCUT2D eigenvalue weighted by molar-refractivity contribution is 5.85. The Morgan fingerprint density at radius 3 is 2.65 bits per heavy atom. The van der Waals surface area contributed by atoms with Gasteiger partial charge < -0.3 is 15.4 Å². The third-order valence-electron chi connectivity index (χ3n) is 4.28. The van der Waals surface area contributed by atoms with Gasteiger partial charge in [0.1, 0.15) is 17.4 Å². The van der Waals surface area contributed by atoms with Crippen LogP contribution in [0.15, 0.2) is 30.3 Å². The molecule has 0 bridgehead atoms. The van der Waals surface area contributed by atoms with E-state index in [1.807, 2.05) is 6.92 Å². The van der Waals surface area contributed by atoms with Gasteiger partial charge in [-0.25, -0.2) is 9.37 Å². The lowest BCUT2D eigenvalue weighted by Gasteiger charge is -2.25. The number of hydrogen-bond donors (Lipinski definition) is 1. The van der Waals surface area contributed by atoms with Crippen LogP contribution in [0.25, 0.3) is 0 Å². The summed E-state index contributed by atoms with van der Waals surface area (Å²) < 4.78 is 18.7. The molecule has 6 nitrogen and oxygen atoms in total. The first-order valence-corrected chi connectivity index (χ1v) is 8.59. The molecule has 1 atom stereocenters. The van der Waals surface area contributed by atoms with Crippen molar-refractivity contribution in [3.05, 3.63) is 47.7 Å². The van der Waals surface area contributed by atoms with Crippen LogP contribution in [-0.4, -0.2) is 39.4 Å². The van der Waals surface area contributed by atoms with Crippen molar-refractivity contribution in [2.45, 2.75) is 38.6 Å². The Hall–Kier alpha value is -2.54. The molecule has 26 heavy (non-hydrogen) atoms. The summed E-state index contributed by atoms with van der Waals surface area (Å²) in [6.07, 6.45) is 0.779. The molecule has 1 unspecified atom stereocenters. The monoisotopic (exact) mass is 358 g/mol. The van der Waals surface area contributed by atoms with Crippen molar-refractivity contribution in [3.63, 3.8) is 0 Å². The molecule has 1 saturated heterocycles. The van der Waals surface area contributed by atoms with E-state index in [-0.39, 0.29) is 17.6 Å². The molecule has 1 aromatic carbocycles. The summed E-state index contributed by atoms with van der Waals surface area (Å²) in [6.45, 7) is 6.46. The van der Waals surface area contributed by atoms with Gasteiger partial charge in [-0.2, -0.15) is 4.98 Å². The summed E-state index contributed by atoms with van der Waals surface area (Å²) in [4.78, 5) is 23.1. The molecule has 1 amide bonds. The van der Waals surface area contributed by atoms with E-state index in [0.29, 0.717) is 30.5 Å². The number of halogens is 1. The van der Waals surface area contributed by atoms with Gasteiger partial charge in [0.25, 0.3) is 0 Å². The molecule has 0 aliphatic carbocycles. The van der Waals surface area contributed by atoms with E-state index >= 15 is 0 Å². The fourth-order valence-corrected chi connectivity index (χ4v) is 2.98. The van der Waals surface area contributed by atoms with E-state index in [2.05, 4.69) is 9.97 Å². The minimum absolute atomic E-state index is 0.0387. The molecule has 0 saturated carbocycles. The Bertz CT molecular complexity index is 802. The van der Waals surface area contributed by atoms with Crippen molar-refractivity contribution in [2.75, 3.05) is 13.1 Å². The van der Waals surface area contributed by atoms with Gasteiger partial charge in [0.05, 0.1) is 5.54 Å². The SMILES string of the molecule is Cc1cc(Oc2ccc(F)cc2)nc(C2CCN(C(=O)C(C)(C)N)C2)n1. The number of benzene rings is 1. The van der Waals surface area contributed by atoms with Gasteiger partial charge in [-0.3, -0.25) is 4.79 Å². The van der Waals surface area contributed by atoms with Crippen molar-refractivity contribution in [3.8, 4) is 11.6 Å². The van der Waals surface area contributed by atoms with E-state index in [1.54, 1.807) is 36.9 Å². The minimum Gasteiger partial charge on any atom is -0.439 e. The summed E-state index contributed by atoms with van der Waals surface area (Å²) in [5.41, 5.74) is 5.80. The summed E-state index contributed by atoms with van der Waals surface area (Å²) >= 11 is 0. The van der Waals surface area contributed by atoms with Crippen LogP contribution in [0.4, 0.5) is 4.39 Å². The number of rotatable bonds is 4. The highest BCUT2D eigenvalue weighted by Gasteiger charge is 2.35. The Morgan fingerprint density at radius 1 is 1.31 bits per heavy atom. The molecule has 7 heteroatoms. The first-order chi connectivity index (χ1) is 12.2. The molecule has 1 aromatic heterocycles. The van der Waals surface area contributed by atoms with Crippen LogP contribution in [0.1, 0.15) is 37.7 Å². The van der Waals surface area contributed by atoms with Gasteiger partial charge in [0.2, 0.25) is 11.8 Å². The average Bonchev–Trinajstić information content (AvgIpc) is 3.05. The summed E-state index contributed by atoms with van der Waals surface area (Å²) in [6, 6.07) is 7.49. The maximum Gasteiger partial charge on any atom is 0.242 e. The van der Waals surface area contributed by atoms with Crippen molar-refractivity contribution < 1.29 is 13.9 Å². The number of hydrogen-bond acceptors (Lipinski definition) is 5. The number of aromatic nitrogens is 2. The van der Waals surface area contributed by atoms with Crippen LogP contribution in [0, 0.1) is 12.7 Å². The summed E-state index contributed by atoms with van der Waals surface area (Å²) in [5, 5.41) is 0. The highest BCUT2D eigenvalue weighted by atomic mass is 19.1. The molecule has 3 rings (SSSR count). The second kappa shape index (κ2) is 6.99. The van der Waals surface area contributed by atoms with E-state index in [1.165, 1.54) is 12.1 Å². The molecule has 1 aliphatic rings. The van der Waals surface area contributed by atoms with Gasteiger partial charge in [-0.15, -0.1) is 0 Å². The molecule has 0 radical (unpaired) electrons. The molecule has 2 heterocycles. The van der Waals surface area contributed by atoms with Gasteiger partial charge >= 0.3 is 0 Å². The van der Waals surface area contributed by atoms with Crippen LogP contribution in [-0.2, 0) is 4.79 Å². The number of amides is 1. The predicted octanol–water partition coefficient (Wildman–Crippen LogP) is 2.77. The minimum atomic E-state index is -0.890. The fourth-order valence-electron chi connectivity index (χ4n) is 2.98. The molecule has 138 valence electrons. The number of ether oxygens (including phenoxy) is 1. The van der Waals surface area contributed by atoms with Gasteiger partial charge in [0, 0.05) is 30.8 Å². The van der Waals surface area contributed by atoms with Crippen LogP contribution in [0.3, 0.4) is 0 Å². The van der Waals surface area contributed by atoms with Gasteiger partial charge in [-0.1, -0.05) is 0 Å². The number of carbonyl (C=O) groups is 1. The van der Waals surface area contributed by atoms with Crippen molar-refractivity contribution >= 4 is 5.91 Å². The Labute approximate surface area is 152 Å². The van der Waals surface area contributed by atoms with Crippen LogP contribution >= 0.6 is 0 Å². The van der Waals surface area contributed by atoms with Crippen molar-refractivity contribution in [1.82, 2.24) is 14.9 Å². The average molecular weight is 358 g/mol. The van der Waals surface area contributed by atoms with E-state index in [4.69, 9.17) is 10.5 Å². The third kappa shape index (κ3) is 4.16. The number of nitrogens with two attached hydrogens (primary N) is 1. The van der Waals surface area contributed by atoms with Crippen LogP contribution < -0.4 is 10.5 Å². The van der Waals surface area contributed by atoms with Gasteiger partial charge in [0.15, 0.2) is 0 Å². The number of nitrogens with zero attached hydrogens (tertiary/aromatic N) is 3. The molecule has 1 aliphatic heterocycles. The second-order valence-electron chi connectivity index (χ2n) is 7.22. The number of likely N-dealkylation sites (tertiary alicyclic amines) is 1. The van der Waals surface area contributed by atoms with Crippen LogP contribution in [0.2, 0.25) is 0 Å². The molecule has 0 spiro atoms. The maximum absolute atomic E-state index is 13.0. The van der Waals surface area contributed by atoms with Crippen molar-refractivity contribution in [1.29, 1.82) is 0 Å². The predicted molar refractivity (Wildman–Crippen MR) is 95.4 cm³/mol.